The molecule has 58 valence electrons. The topological polar surface area (TPSA) is 37.3 Å². The first kappa shape index (κ1) is 10.4. The smallest absolute Gasteiger partial charge is 0.269 e. The van der Waals surface area contributed by atoms with Crippen molar-refractivity contribution >= 4 is 7.37 Å². The molecule has 0 saturated carbocycles. The van der Waals surface area contributed by atoms with Gasteiger partial charge >= 0.3 is 0 Å². The Labute approximate surface area is 71.8 Å². The highest BCUT2D eigenvalue weighted by Gasteiger charge is 2.00. The van der Waals surface area contributed by atoms with Gasteiger partial charge in [-0.3, -0.25) is 4.57 Å². The monoisotopic (exact) mass is 176 g/mol. The molecule has 1 unspecified atom stereocenters. The van der Waals surface area contributed by atoms with Crippen molar-refractivity contribution in [2.75, 3.05) is 6.66 Å². The number of hydrogen-bond donors (Lipinski definition) is 1. The van der Waals surface area contributed by atoms with Gasteiger partial charge < -0.3 is 4.89 Å². The van der Waals surface area contributed by atoms with Gasteiger partial charge in [0.2, 0.25) is 0 Å². The van der Waals surface area contributed by atoms with Gasteiger partial charge in [-0.05, 0) is 35.5 Å². The summed E-state index contributed by atoms with van der Waals surface area (Å²) in [7, 11) is -3.27. The highest BCUT2D eigenvalue weighted by molar-refractivity contribution is 7.62. The number of rotatable bonds is 0. The fourth-order valence-electron chi connectivity index (χ4n) is 0.262. The van der Waals surface area contributed by atoms with E-state index in [2.05, 4.69) is 41.2 Å². The van der Waals surface area contributed by atoms with Crippen LogP contribution in [-0.4, -0.2) is 11.6 Å². The minimum absolute atomic E-state index is 1.13. The Kier molecular flexibility index (Phi) is 4.46. The predicted octanol–water partition coefficient (Wildman–Crippen LogP) is 0.487. The van der Waals surface area contributed by atoms with Crippen LogP contribution >= 0.6 is 7.37 Å². The third-order valence-electron chi connectivity index (χ3n) is 0.586. The molecule has 0 aliphatic heterocycles. The fraction of sp³-hybridized carbons (Fsp3) is 0.111. The third-order valence-corrected chi connectivity index (χ3v) is 1.11. The van der Waals surface area contributed by atoms with Gasteiger partial charge in [-0.15, -0.1) is 6.42 Å². The molecule has 12 heavy (non-hydrogen) atoms. The van der Waals surface area contributed by atoms with E-state index in [1.54, 1.807) is 0 Å². The first-order chi connectivity index (χ1) is 5.56. The molecule has 0 heterocycles. The van der Waals surface area contributed by atoms with Crippen LogP contribution in [-0.2, 0) is 4.57 Å². The van der Waals surface area contributed by atoms with Gasteiger partial charge in [0.25, 0.3) is 7.37 Å². The molecule has 0 aliphatic carbocycles. The first-order valence-corrected chi connectivity index (χ1v) is 4.95. The van der Waals surface area contributed by atoms with Gasteiger partial charge in [0.1, 0.15) is 0 Å². The minimum Gasteiger partial charge on any atom is -0.336 e. The Morgan fingerprint density at radius 3 is 2.17 bits per heavy atom. The Morgan fingerprint density at radius 2 is 1.67 bits per heavy atom. The number of terminal acetylenes is 1. The highest BCUT2D eigenvalue weighted by Crippen LogP contribution is 2.32. The van der Waals surface area contributed by atoms with E-state index in [-0.39, 0.29) is 0 Å². The van der Waals surface area contributed by atoms with Crippen LogP contribution in [0.3, 0.4) is 0 Å². The highest BCUT2D eigenvalue weighted by atomic mass is 31.2. The van der Waals surface area contributed by atoms with E-state index in [1.807, 2.05) is 0 Å². The molecular formula is C9H5O2P. The zero-order valence-corrected chi connectivity index (χ0v) is 7.27. The zero-order valence-electron chi connectivity index (χ0n) is 6.38. The second-order valence-electron chi connectivity index (χ2n) is 1.76. The molecule has 2 nitrogen and oxygen atoms in total. The molecule has 0 aromatic rings. The lowest BCUT2D eigenvalue weighted by atomic mass is 10.5. The van der Waals surface area contributed by atoms with Crippen molar-refractivity contribution in [2.45, 2.75) is 0 Å². The summed E-state index contributed by atoms with van der Waals surface area (Å²) in [6, 6.07) is 0. The summed E-state index contributed by atoms with van der Waals surface area (Å²) in [6.07, 6.45) is 4.80. The Morgan fingerprint density at radius 1 is 1.17 bits per heavy atom. The standard InChI is InChI=1S/C9H5O2P/c1-3-4-5-6-7-8-9-12(2,10)11/h1H,2H3,(H,10,11). The van der Waals surface area contributed by atoms with E-state index in [9.17, 15) is 4.57 Å². The van der Waals surface area contributed by atoms with Crippen LogP contribution in [0.5, 0.6) is 0 Å². The van der Waals surface area contributed by atoms with Crippen molar-refractivity contribution in [1.82, 2.24) is 0 Å². The SMILES string of the molecule is C#CC#CC#CC#CP(C)(=O)O. The Hall–Kier alpha value is -1.57. The molecule has 0 fully saturated rings. The van der Waals surface area contributed by atoms with Crippen LogP contribution in [0.15, 0.2) is 0 Å². The van der Waals surface area contributed by atoms with Gasteiger partial charge in [0.15, 0.2) is 0 Å². The minimum atomic E-state index is -3.27. The molecule has 0 aromatic heterocycles. The molecular weight excluding hydrogens is 171 g/mol. The molecule has 0 rings (SSSR count). The summed E-state index contributed by atoms with van der Waals surface area (Å²) in [6.45, 7) is 1.13. The molecule has 0 aliphatic rings. The first-order valence-electron chi connectivity index (χ1n) is 2.84. The lowest BCUT2D eigenvalue weighted by Gasteiger charge is -1.86. The fourth-order valence-corrected chi connectivity index (χ4v) is 0.525. The van der Waals surface area contributed by atoms with Crippen molar-refractivity contribution < 1.29 is 9.46 Å². The lowest BCUT2D eigenvalue weighted by molar-refractivity contribution is 0.497. The van der Waals surface area contributed by atoms with E-state index < -0.39 is 7.37 Å². The molecule has 0 spiro atoms. The summed E-state index contributed by atoms with van der Waals surface area (Å²) >= 11 is 0. The van der Waals surface area contributed by atoms with Crippen LogP contribution in [0.1, 0.15) is 0 Å². The van der Waals surface area contributed by atoms with Gasteiger partial charge in [-0.1, -0.05) is 0 Å². The summed E-state index contributed by atoms with van der Waals surface area (Å²) in [5.74, 6) is 13.4. The second-order valence-corrected chi connectivity index (χ2v) is 3.74. The summed E-state index contributed by atoms with van der Waals surface area (Å²) in [4.78, 5) is 8.67. The molecule has 1 atom stereocenters. The lowest BCUT2D eigenvalue weighted by Crippen LogP contribution is -1.66. The van der Waals surface area contributed by atoms with Crippen molar-refractivity contribution in [3.8, 4) is 47.6 Å². The maximum absolute atomic E-state index is 10.5. The van der Waals surface area contributed by atoms with Crippen molar-refractivity contribution in [1.29, 1.82) is 0 Å². The predicted molar refractivity (Wildman–Crippen MR) is 47.9 cm³/mol. The van der Waals surface area contributed by atoms with E-state index in [0.717, 1.165) is 6.66 Å². The van der Waals surface area contributed by atoms with E-state index in [1.165, 1.54) is 0 Å². The average Bonchev–Trinajstić information content (AvgIpc) is 1.94. The molecule has 0 radical (unpaired) electrons. The van der Waals surface area contributed by atoms with Crippen molar-refractivity contribution in [3.63, 3.8) is 0 Å². The Bertz CT molecular complexity index is 415. The van der Waals surface area contributed by atoms with E-state index >= 15 is 0 Å². The van der Waals surface area contributed by atoms with Crippen LogP contribution in [0, 0.1) is 47.6 Å². The molecule has 3 heteroatoms. The molecule has 0 aromatic carbocycles. The van der Waals surface area contributed by atoms with Crippen molar-refractivity contribution in [2.24, 2.45) is 0 Å². The Balaban J connectivity index is 4.29. The van der Waals surface area contributed by atoms with Gasteiger partial charge in [0.05, 0.1) is 0 Å². The summed E-state index contributed by atoms with van der Waals surface area (Å²) in [5.41, 5.74) is 2.07. The van der Waals surface area contributed by atoms with Crippen LogP contribution in [0.2, 0.25) is 0 Å². The molecule has 0 saturated heterocycles. The van der Waals surface area contributed by atoms with Gasteiger partial charge in [-0.2, -0.15) is 0 Å². The second kappa shape index (κ2) is 5.13. The van der Waals surface area contributed by atoms with E-state index in [4.69, 9.17) is 11.3 Å². The van der Waals surface area contributed by atoms with E-state index in [0.29, 0.717) is 0 Å². The maximum Gasteiger partial charge on any atom is 0.269 e. The van der Waals surface area contributed by atoms with Crippen LogP contribution < -0.4 is 0 Å². The summed E-state index contributed by atoms with van der Waals surface area (Å²) < 4.78 is 10.5. The van der Waals surface area contributed by atoms with Crippen LogP contribution in [0.4, 0.5) is 0 Å². The van der Waals surface area contributed by atoms with Gasteiger partial charge in [0, 0.05) is 12.3 Å². The molecule has 1 N–H and O–H groups in total. The zero-order chi connectivity index (χ0) is 9.45. The quantitative estimate of drug-likeness (QED) is 0.430. The largest absolute Gasteiger partial charge is 0.336 e. The summed E-state index contributed by atoms with van der Waals surface area (Å²) in [5, 5.41) is 0. The third kappa shape index (κ3) is 8.43. The van der Waals surface area contributed by atoms with Gasteiger partial charge in [-0.25, -0.2) is 0 Å². The maximum atomic E-state index is 10.5. The molecule has 0 bridgehead atoms. The number of hydrogen-bond acceptors (Lipinski definition) is 1. The van der Waals surface area contributed by atoms with Crippen LogP contribution in [0.25, 0.3) is 0 Å². The normalized spacial score (nSPS) is 11.1. The van der Waals surface area contributed by atoms with Crippen molar-refractivity contribution in [3.05, 3.63) is 0 Å². The molecule has 0 amide bonds. The average molecular weight is 176 g/mol.